The predicted octanol–water partition coefficient (Wildman–Crippen LogP) is 5.24. The first kappa shape index (κ1) is 29.4. The van der Waals surface area contributed by atoms with Gasteiger partial charge in [0, 0.05) is 0 Å². The van der Waals surface area contributed by atoms with Crippen molar-refractivity contribution in [2.24, 2.45) is 5.73 Å². The molecule has 1 aromatic carbocycles. The molecule has 38 heavy (non-hydrogen) atoms. The highest BCUT2D eigenvalue weighted by molar-refractivity contribution is 7.90. The first-order chi connectivity index (χ1) is 17.2. The summed E-state index contributed by atoms with van der Waals surface area (Å²) in [6.45, 7) is 21.5. The minimum absolute atomic E-state index is 0.0558. The smallest absolute Gasteiger partial charge is 0.292 e. The Bertz CT molecular complexity index is 1340. The second kappa shape index (κ2) is 9.25. The van der Waals surface area contributed by atoms with Gasteiger partial charge in [-0.1, -0.05) is 53.7 Å². The van der Waals surface area contributed by atoms with E-state index in [2.05, 4.69) is 72.7 Å². The van der Waals surface area contributed by atoms with Gasteiger partial charge in [0.15, 0.2) is 28.5 Å². The van der Waals surface area contributed by atoms with Gasteiger partial charge < -0.3 is 23.9 Å². The number of fused-ring (bicyclic) bond motifs is 1. The van der Waals surface area contributed by atoms with Crippen LogP contribution in [0.5, 0.6) is 0 Å². The van der Waals surface area contributed by atoms with Gasteiger partial charge in [-0.15, -0.1) is 0 Å². The van der Waals surface area contributed by atoms with Gasteiger partial charge in [-0.05, 0) is 48.4 Å². The topological polar surface area (TPSA) is 115 Å². The number of ether oxygens (including phenoxy) is 1. The number of nitrogens with zero attached hydrogens (tertiary/aromatic N) is 2. The maximum absolute atomic E-state index is 12.9. The SMILES string of the molecule is CC(C)(C)[Si](C)(C)OCC1OC(n2cnc3ccccc32)C(O[Si](C)(C)C(C)(C)C)C12OS(=O)(=O)C=C2N. The van der Waals surface area contributed by atoms with Crippen LogP contribution < -0.4 is 5.73 Å². The Balaban J connectivity index is 1.87. The van der Waals surface area contributed by atoms with Crippen LogP contribution in [-0.2, 0) is 27.9 Å². The lowest BCUT2D eigenvalue weighted by atomic mass is 9.89. The second-order valence-corrected chi connectivity index (χ2v) is 24.4. The van der Waals surface area contributed by atoms with E-state index in [0.29, 0.717) is 0 Å². The van der Waals surface area contributed by atoms with E-state index >= 15 is 0 Å². The zero-order valence-corrected chi connectivity index (χ0v) is 27.0. The number of benzene rings is 1. The van der Waals surface area contributed by atoms with Gasteiger partial charge in [-0.2, -0.15) is 8.42 Å². The molecular formula is C26H43N3O6SSi2. The molecule has 0 saturated carbocycles. The lowest BCUT2D eigenvalue weighted by Crippen LogP contribution is -2.59. The molecule has 0 bridgehead atoms. The molecule has 2 N–H and O–H groups in total. The normalized spacial score (nSPS) is 28.4. The summed E-state index contributed by atoms with van der Waals surface area (Å²) in [5, 5.41) is 0.771. The molecule has 1 aromatic heterocycles. The van der Waals surface area contributed by atoms with Crippen molar-refractivity contribution < 1.29 is 26.2 Å². The van der Waals surface area contributed by atoms with Crippen molar-refractivity contribution in [3.63, 3.8) is 0 Å². The Morgan fingerprint density at radius 2 is 1.66 bits per heavy atom. The van der Waals surface area contributed by atoms with E-state index in [1.54, 1.807) is 6.33 Å². The van der Waals surface area contributed by atoms with Crippen LogP contribution in [0, 0.1) is 0 Å². The zero-order chi connectivity index (χ0) is 28.5. The van der Waals surface area contributed by atoms with Gasteiger partial charge in [0.1, 0.15) is 12.2 Å². The van der Waals surface area contributed by atoms with Crippen LogP contribution in [-0.4, -0.2) is 59.0 Å². The Morgan fingerprint density at radius 3 is 2.21 bits per heavy atom. The van der Waals surface area contributed by atoms with Gasteiger partial charge in [-0.25, -0.2) is 9.17 Å². The maximum Gasteiger partial charge on any atom is 0.292 e. The molecule has 1 spiro atoms. The number of aromatic nitrogens is 2. The van der Waals surface area contributed by atoms with Crippen LogP contribution >= 0.6 is 0 Å². The fourth-order valence-electron chi connectivity index (χ4n) is 4.40. The van der Waals surface area contributed by atoms with Crippen molar-refractivity contribution in [1.82, 2.24) is 9.55 Å². The highest BCUT2D eigenvalue weighted by atomic mass is 32.2. The molecule has 1 fully saturated rings. The van der Waals surface area contributed by atoms with Crippen molar-refractivity contribution in [2.75, 3.05) is 6.61 Å². The highest BCUT2D eigenvalue weighted by Crippen LogP contribution is 2.52. The van der Waals surface area contributed by atoms with E-state index < -0.39 is 50.8 Å². The van der Waals surface area contributed by atoms with E-state index in [4.69, 9.17) is 23.5 Å². The number of rotatable bonds is 6. The Kier molecular flexibility index (Phi) is 7.17. The van der Waals surface area contributed by atoms with Crippen molar-refractivity contribution in [3.05, 3.63) is 41.7 Å². The molecule has 2 aliphatic heterocycles. The van der Waals surface area contributed by atoms with E-state index in [0.717, 1.165) is 16.4 Å². The molecule has 2 aromatic rings. The molecule has 4 unspecified atom stereocenters. The van der Waals surface area contributed by atoms with Crippen LogP contribution in [0.15, 0.2) is 41.7 Å². The average molecular weight is 582 g/mol. The van der Waals surface area contributed by atoms with E-state index in [1.165, 1.54) is 0 Å². The Labute approximate surface area is 229 Å². The quantitative estimate of drug-likeness (QED) is 0.364. The molecule has 2 aliphatic rings. The molecule has 3 heterocycles. The molecule has 212 valence electrons. The van der Waals surface area contributed by atoms with Crippen LogP contribution in [0.4, 0.5) is 0 Å². The molecule has 0 amide bonds. The first-order valence-electron chi connectivity index (χ1n) is 13.0. The molecule has 4 atom stereocenters. The lowest BCUT2D eigenvalue weighted by molar-refractivity contribution is -0.0534. The third-order valence-corrected chi connectivity index (χ3v) is 18.8. The standard InChI is InChI=1S/C26H43N3O6SSi2/c1-24(2,3)37(7,8)32-15-21-26(20(27)16-36(30,31)35-26)22(34-38(9,10)25(4,5)6)23(33-21)29-17-28-18-13-11-12-14-19(18)29/h11-14,16-17,21-23H,15,27H2,1-10H3. The first-order valence-corrected chi connectivity index (χ1v) is 20.3. The van der Waals surface area contributed by atoms with Crippen molar-refractivity contribution in [1.29, 1.82) is 0 Å². The van der Waals surface area contributed by atoms with E-state index in [1.807, 2.05) is 28.8 Å². The minimum Gasteiger partial charge on any atom is -0.414 e. The molecule has 0 radical (unpaired) electrons. The summed E-state index contributed by atoms with van der Waals surface area (Å²) in [6, 6.07) is 7.72. The minimum atomic E-state index is -4.06. The van der Waals surface area contributed by atoms with E-state index in [-0.39, 0.29) is 22.4 Å². The molecule has 9 nitrogen and oxygen atoms in total. The van der Waals surface area contributed by atoms with Gasteiger partial charge >= 0.3 is 0 Å². The Morgan fingerprint density at radius 1 is 1.05 bits per heavy atom. The summed E-state index contributed by atoms with van der Waals surface area (Å²) in [6.07, 6.45) is -0.732. The number of hydrogen-bond donors (Lipinski definition) is 1. The molecule has 4 rings (SSSR count). The van der Waals surface area contributed by atoms with Crippen LogP contribution in [0.25, 0.3) is 11.0 Å². The third kappa shape index (κ3) is 4.93. The summed E-state index contributed by atoms with van der Waals surface area (Å²) in [5.41, 5.74) is 6.68. The molecule has 12 heteroatoms. The average Bonchev–Trinajstić information content (AvgIpc) is 3.37. The summed E-state index contributed by atoms with van der Waals surface area (Å²) in [5.74, 6) is 0. The molecular weight excluding hydrogens is 539 g/mol. The van der Waals surface area contributed by atoms with Crippen LogP contribution in [0.2, 0.25) is 36.3 Å². The lowest BCUT2D eigenvalue weighted by Gasteiger charge is -2.43. The number of para-hydroxylation sites is 2. The van der Waals surface area contributed by atoms with Gasteiger partial charge in [0.2, 0.25) is 0 Å². The largest absolute Gasteiger partial charge is 0.414 e. The van der Waals surface area contributed by atoms with Crippen molar-refractivity contribution in [3.8, 4) is 0 Å². The molecule has 0 aliphatic carbocycles. The number of imidazole rings is 1. The fourth-order valence-corrected chi connectivity index (χ4v) is 7.90. The third-order valence-electron chi connectivity index (χ3n) is 8.83. The number of nitrogens with two attached hydrogens (primary N) is 1. The van der Waals surface area contributed by atoms with E-state index in [9.17, 15) is 8.42 Å². The summed E-state index contributed by atoms with van der Waals surface area (Å²) < 4.78 is 53.8. The fraction of sp³-hybridized carbons (Fsp3) is 0.654. The van der Waals surface area contributed by atoms with Gasteiger partial charge in [0.05, 0.1) is 35.1 Å². The van der Waals surface area contributed by atoms with Gasteiger partial charge in [0.25, 0.3) is 10.1 Å². The maximum atomic E-state index is 12.9. The van der Waals surface area contributed by atoms with Crippen molar-refractivity contribution in [2.45, 2.75) is 102 Å². The van der Waals surface area contributed by atoms with Gasteiger partial charge in [-0.3, -0.25) is 0 Å². The summed E-state index contributed by atoms with van der Waals surface area (Å²) >= 11 is 0. The monoisotopic (exact) mass is 581 g/mol. The predicted molar refractivity (Wildman–Crippen MR) is 154 cm³/mol. The van der Waals surface area contributed by atoms with Crippen LogP contribution in [0.3, 0.4) is 0 Å². The number of hydrogen-bond acceptors (Lipinski definition) is 8. The van der Waals surface area contributed by atoms with Crippen LogP contribution in [0.1, 0.15) is 47.8 Å². The zero-order valence-electron chi connectivity index (χ0n) is 24.2. The Hall–Kier alpha value is -1.55. The summed E-state index contributed by atoms with van der Waals surface area (Å²) in [7, 11) is -8.77. The highest BCUT2D eigenvalue weighted by Gasteiger charge is 2.67. The van der Waals surface area contributed by atoms with Crippen molar-refractivity contribution >= 4 is 37.8 Å². The summed E-state index contributed by atoms with van der Waals surface area (Å²) in [4.78, 5) is 4.56. The second-order valence-electron chi connectivity index (χ2n) is 13.5. The molecule has 1 saturated heterocycles.